The maximum absolute atomic E-state index is 12.1. The van der Waals surface area contributed by atoms with Gasteiger partial charge < -0.3 is 21.3 Å². The molecule has 3 amide bonds. The maximum atomic E-state index is 12.1. The van der Waals surface area contributed by atoms with E-state index in [4.69, 9.17) is 0 Å². The first-order valence-electron chi connectivity index (χ1n) is 10.3. The summed E-state index contributed by atoms with van der Waals surface area (Å²) in [6.07, 6.45) is 3.26. The molecular formula is C23H30N4O3. The van der Waals surface area contributed by atoms with Crippen molar-refractivity contribution in [1.82, 2.24) is 5.32 Å². The summed E-state index contributed by atoms with van der Waals surface area (Å²) in [7, 11) is 0. The average Bonchev–Trinajstić information content (AvgIpc) is 2.74. The standard InChI is InChI=1S/C23H30N4O3/c1-3-5-15-24-23(30)17-7-9-18(10-8-17)25-16-22(29)27-20-13-11-19(12-14-20)26-21(28)6-4-2/h7-14,25H,3-6,15-16H2,1-2H3,(H,24,30)(H,26,28)(H,27,29). The largest absolute Gasteiger partial charge is 0.376 e. The molecule has 0 aliphatic rings. The van der Waals surface area contributed by atoms with Gasteiger partial charge in [0, 0.05) is 35.6 Å². The van der Waals surface area contributed by atoms with Crippen LogP contribution in [0, 0.1) is 0 Å². The van der Waals surface area contributed by atoms with Gasteiger partial charge in [0.05, 0.1) is 6.54 Å². The highest BCUT2D eigenvalue weighted by atomic mass is 16.2. The molecule has 0 atom stereocenters. The molecular weight excluding hydrogens is 380 g/mol. The summed E-state index contributed by atoms with van der Waals surface area (Å²) in [5.41, 5.74) is 2.69. The summed E-state index contributed by atoms with van der Waals surface area (Å²) >= 11 is 0. The molecule has 30 heavy (non-hydrogen) atoms. The molecule has 7 nitrogen and oxygen atoms in total. The molecule has 4 N–H and O–H groups in total. The lowest BCUT2D eigenvalue weighted by Crippen LogP contribution is -2.24. The molecule has 2 aromatic rings. The number of nitrogens with one attached hydrogen (secondary N) is 4. The molecule has 0 spiro atoms. The van der Waals surface area contributed by atoms with Crippen molar-refractivity contribution in [1.29, 1.82) is 0 Å². The minimum atomic E-state index is -0.195. The molecule has 0 saturated carbocycles. The van der Waals surface area contributed by atoms with Crippen molar-refractivity contribution in [3.05, 3.63) is 54.1 Å². The van der Waals surface area contributed by atoms with Crippen LogP contribution in [0.3, 0.4) is 0 Å². The van der Waals surface area contributed by atoms with Crippen molar-refractivity contribution in [3.8, 4) is 0 Å². The lowest BCUT2D eigenvalue weighted by molar-refractivity contribution is -0.116. The highest BCUT2D eigenvalue weighted by Gasteiger charge is 2.06. The molecule has 2 rings (SSSR count). The van der Waals surface area contributed by atoms with E-state index in [0.717, 1.165) is 24.9 Å². The number of unbranched alkanes of at least 4 members (excludes halogenated alkanes) is 1. The number of carbonyl (C=O) groups is 3. The highest BCUT2D eigenvalue weighted by Crippen LogP contribution is 2.14. The maximum Gasteiger partial charge on any atom is 0.251 e. The Labute approximate surface area is 177 Å². The van der Waals surface area contributed by atoms with Crippen LogP contribution in [0.25, 0.3) is 0 Å². The molecule has 160 valence electrons. The van der Waals surface area contributed by atoms with Crippen LogP contribution in [0.1, 0.15) is 49.9 Å². The van der Waals surface area contributed by atoms with Gasteiger partial charge in [0.15, 0.2) is 0 Å². The third-order valence-corrected chi connectivity index (χ3v) is 4.35. The lowest BCUT2D eigenvalue weighted by Gasteiger charge is -2.10. The van der Waals surface area contributed by atoms with Crippen molar-refractivity contribution in [2.24, 2.45) is 0 Å². The highest BCUT2D eigenvalue weighted by molar-refractivity contribution is 5.96. The predicted octanol–water partition coefficient (Wildman–Crippen LogP) is 4.01. The number of amides is 3. The number of carbonyl (C=O) groups excluding carboxylic acids is 3. The summed E-state index contributed by atoms with van der Waals surface area (Å²) in [6.45, 7) is 4.79. The molecule has 7 heteroatoms. The first-order valence-corrected chi connectivity index (χ1v) is 10.3. The van der Waals surface area contributed by atoms with Crippen LogP contribution in [0.15, 0.2) is 48.5 Å². The van der Waals surface area contributed by atoms with Crippen LogP contribution < -0.4 is 21.3 Å². The lowest BCUT2D eigenvalue weighted by atomic mass is 10.2. The second-order valence-corrected chi connectivity index (χ2v) is 6.96. The number of hydrogen-bond donors (Lipinski definition) is 4. The molecule has 0 fully saturated rings. The zero-order valence-corrected chi connectivity index (χ0v) is 17.6. The summed E-state index contributed by atoms with van der Waals surface area (Å²) in [5, 5.41) is 11.5. The third kappa shape index (κ3) is 7.95. The van der Waals surface area contributed by atoms with Crippen LogP contribution in [0.2, 0.25) is 0 Å². The molecule has 2 aromatic carbocycles. The Kier molecular flexibility index (Phi) is 9.37. The van der Waals surface area contributed by atoms with Crippen LogP contribution in [0.5, 0.6) is 0 Å². The molecule has 0 unspecified atom stereocenters. The van der Waals surface area contributed by atoms with Crippen molar-refractivity contribution in [2.75, 3.05) is 29.0 Å². The van der Waals surface area contributed by atoms with E-state index in [9.17, 15) is 14.4 Å². The predicted molar refractivity (Wildman–Crippen MR) is 121 cm³/mol. The number of benzene rings is 2. The first-order chi connectivity index (χ1) is 14.5. The molecule has 0 aliphatic carbocycles. The summed E-state index contributed by atoms with van der Waals surface area (Å²) in [5.74, 6) is -0.316. The first kappa shape index (κ1) is 22.9. The van der Waals surface area contributed by atoms with Gasteiger partial charge in [-0.2, -0.15) is 0 Å². The van der Waals surface area contributed by atoms with Gasteiger partial charge in [-0.3, -0.25) is 14.4 Å². The fourth-order valence-corrected chi connectivity index (χ4v) is 2.70. The summed E-state index contributed by atoms with van der Waals surface area (Å²) in [4.78, 5) is 35.7. The topological polar surface area (TPSA) is 99.3 Å². The van der Waals surface area contributed by atoms with Crippen molar-refractivity contribution in [2.45, 2.75) is 39.5 Å². The van der Waals surface area contributed by atoms with E-state index in [1.165, 1.54) is 0 Å². The normalized spacial score (nSPS) is 10.2. The second-order valence-electron chi connectivity index (χ2n) is 6.96. The third-order valence-electron chi connectivity index (χ3n) is 4.35. The smallest absolute Gasteiger partial charge is 0.251 e. The van der Waals surface area contributed by atoms with Crippen LogP contribution in [-0.4, -0.2) is 30.8 Å². The van der Waals surface area contributed by atoms with E-state index >= 15 is 0 Å². The minimum Gasteiger partial charge on any atom is -0.376 e. The molecule has 0 radical (unpaired) electrons. The number of rotatable bonds is 11. The van der Waals surface area contributed by atoms with Gasteiger partial charge in [0.2, 0.25) is 11.8 Å². The fraction of sp³-hybridized carbons (Fsp3) is 0.348. The monoisotopic (exact) mass is 410 g/mol. The van der Waals surface area contributed by atoms with Crippen LogP contribution in [0.4, 0.5) is 17.1 Å². The quantitative estimate of drug-likeness (QED) is 0.421. The zero-order valence-electron chi connectivity index (χ0n) is 17.6. The van der Waals surface area contributed by atoms with Crippen molar-refractivity contribution < 1.29 is 14.4 Å². The van der Waals surface area contributed by atoms with E-state index in [1.54, 1.807) is 48.5 Å². The van der Waals surface area contributed by atoms with Gasteiger partial charge in [-0.05, 0) is 61.4 Å². The number of anilines is 3. The van der Waals surface area contributed by atoms with E-state index in [0.29, 0.717) is 29.9 Å². The Morgan fingerprint density at radius 3 is 1.87 bits per heavy atom. The van der Waals surface area contributed by atoms with Crippen LogP contribution >= 0.6 is 0 Å². The SMILES string of the molecule is CCCCNC(=O)c1ccc(NCC(=O)Nc2ccc(NC(=O)CCC)cc2)cc1. The van der Waals surface area contributed by atoms with E-state index < -0.39 is 0 Å². The van der Waals surface area contributed by atoms with Gasteiger partial charge in [0.25, 0.3) is 5.91 Å². The Morgan fingerprint density at radius 2 is 1.30 bits per heavy atom. The van der Waals surface area contributed by atoms with E-state index in [1.807, 2.05) is 6.92 Å². The Bertz CT molecular complexity index is 833. The fourth-order valence-electron chi connectivity index (χ4n) is 2.70. The summed E-state index contributed by atoms with van der Waals surface area (Å²) in [6, 6.07) is 14.0. The molecule has 0 aromatic heterocycles. The van der Waals surface area contributed by atoms with Gasteiger partial charge in [-0.1, -0.05) is 20.3 Å². The molecule has 0 aliphatic heterocycles. The van der Waals surface area contributed by atoms with Crippen molar-refractivity contribution in [3.63, 3.8) is 0 Å². The molecule has 0 saturated heterocycles. The minimum absolute atomic E-state index is 0.0251. The van der Waals surface area contributed by atoms with Gasteiger partial charge in [0.1, 0.15) is 0 Å². The van der Waals surface area contributed by atoms with Crippen LogP contribution in [-0.2, 0) is 9.59 Å². The Morgan fingerprint density at radius 1 is 0.733 bits per heavy atom. The van der Waals surface area contributed by atoms with Gasteiger partial charge in [-0.15, -0.1) is 0 Å². The van der Waals surface area contributed by atoms with Gasteiger partial charge in [-0.25, -0.2) is 0 Å². The number of hydrogen-bond acceptors (Lipinski definition) is 4. The van der Waals surface area contributed by atoms with E-state index in [2.05, 4.69) is 28.2 Å². The van der Waals surface area contributed by atoms with Crippen molar-refractivity contribution >= 4 is 34.8 Å². The van der Waals surface area contributed by atoms with E-state index in [-0.39, 0.29) is 24.3 Å². The van der Waals surface area contributed by atoms with Gasteiger partial charge >= 0.3 is 0 Å². The average molecular weight is 411 g/mol. The summed E-state index contributed by atoms with van der Waals surface area (Å²) < 4.78 is 0. The second kappa shape index (κ2) is 12.3. The molecule has 0 bridgehead atoms. The molecule has 0 heterocycles. The zero-order chi connectivity index (χ0) is 21.8. The Balaban J connectivity index is 1.77. The Hall–Kier alpha value is -3.35.